The summed E-state index contributed by atoms with van der Waals surface area (Å²) in [5.74, 6) is 1.11. The van der Waals surface area contributed by atoms with Crippen LogP contribution >= 0.6 is 11.6 Å². The lowest BCUT2D eigenvalue weighted by atomic mass is 9.99. The molecule has 3 heterocycles. The van der Waals surface area contributed by atoms with Gasteiger partial charge in [-0.1, -0.05) is 18.5 Å². The number of amides is 1. The third-order valence-electron chi connectivity index (χ3n) is 5.21. The molecule has 1 amide bonds. The minimum absolute atomic E-state index is 0.218. The summed E-state index contributed by atoms with van der Waals surface area (Å²) < 4.78 is 0. The van der Waals surface area contributed by atoms with Gasteiger partial charge in [-0.2, -0.15) is 0 Å². The van der Waals surface area contributed by atoms with E-state index >= 15 is 0 Å². The molecule has 1 aromatic heterocycles. The van der Waals surface area contributed by atoms with Crippen molar-refractivity contribution in [3.8, 4) is 0 Å². The second-order valence-electron chi connectivity index (χ2n) is 7.36. The van der Waals surface area contributed by atoms with Crippen molar-refractivity contribution in [2.75, 3.05) is 37.6 Å². The molecule has 7 heteroatoms. The van der Waals surface area contributed by atoms with E-state index in [0.717, 1.165) is 44.9 Å². The second-order valence-corrected chi connectivity index (χ2v) is 7.77. The molecule has 2 aliphatic rings. The highest BCUT2D eigenvalue weighted by Gasteiger charge is 2.23. The fourth-order valence-electron chi connectivity index (χ4n) is 3.67. The van der Waals surface area contributed by atoms with Crippen LogP contribution in [0.25, 0.3) is 0 Å². The molecule has 0 aliphatic carbocycles. The smallest absolute Gasteiger partial charge is 0.271 e. The highest BCUT2D eigenvalue weighted by atomic mass is 35.5. The Labute approximate surface area is 155 Å². The lowest BCUT2D eigenvalue weighted by Gasteiger charge is -2.35. The van der Waals surface area contributed by atoms with Crippen molar-refractivity contribution in [3.63, 3.8) is 0 Å². The Kier molecular flexibility index (Phi) is 6.12. The number of hydrogen-bond donors (Lipinski definition) is 1. The van der Waals surface area contributed by atoms with E-state index in [1.165, 1.54) is 19.0 Å². The van der Waals surface area contributed by atoms with E-state index in [0.29, 0.717) is 23.6 Å². The number of carbonyl (C=O) groups excluding carboxylic acids is 1. The van der Waals surface area contributed by atoms with Crippen LogP contribution in [0.15, 0.2) is 6.20 Å². The molecule has 25 heavy (non-hydrogen) atoms. The van der Waals surface area contributed by atoms with E-state index < -0.39 is 0 Å². The van der Waals surface area contributed by atoms with Gasteiger partial charge in [0.25, 0.3) is 5.91 Å². The summed E-state index contributed by atoms with van der Waals surface area (Å²) in [6, 6.07) is 0.311. The minimum atomic E-state index is -0.218. The molecule has 6 nitrogen and oxygen atoms in total. The number of halogens is 1. The predicted molar refractivity (Wildman–Crippen MR) is 100 cm³/mol. The van der Waals surface area contributed by atoms with E-state index in [4.69, 9.17) is 11.6 Å². The number of nitrogens with zero attached hydrogens (tertiary/aromatic N) is 4. The first-order chi connectivity index (χ1) is 12.0. The zero-order valence-electron chi connectivity index (χ0n) is 15.2. The molecule has 0 radical (unpaired) electrons. The van der Waals surface area contributed by atoms with Crippen molar-refractivity contribution in [2.24, 2.45) is 5.92 Å². The van der Waals surface area contributed by atoms with Gasteiger partial charge in [0.2, 0.25) is 5.95 Å². The first kappa shape index (κ1) is 18.4. The van der Waals surface area contributed by atoms with Gasteiger partial charge in [-0.05, 0) is 45.1 Å². The number of hydrogen-bond acceptors (Lipinski definition) is 5. The Morgan fingerprint density at radius 1 is 1.36 bits per heavy atom. The Balaban J connectivity index is 1.59. The summed E-state index contributed by atoms with van der Waals surface area (Å²) in [6.45, 7) is 9.14. The van der Waals surface area contributed by atoms with Gasteiger partial charge >= 0.3 is 0 Å². The number of aromatic nitrogens is 2. The molecule has 0 unspecified atom stereocenters. The zero-order valence-corrected chi connectivity index (χ0v) is 15.9. The van der Waals surface area contributed by atoms with E-state index in [-0.39, 0.29) is 11.6 Å². The monoisotopic (exact) mass is 365 g/mol. The summed E-state index contributed by atoms with van der Waals surface area (Å²) in [7, 11) is 0. The molecule has 2 fully saturated rings. The van der Waals surface area contributed by atoms with Gasteiger partial charge < -0.3 is 10.2 Å². The van der Waals surface area contributed by atoms with Crippen molar-refractivity contribution >= 4 is 23.5 Å². The summed E-state index contributed by atoms with van der Waals surface area (Å²) in [6.07, 6.45) is 6.34. The Hall–Kier alpha value is -1.40. The number of likely N-dealkylation sites (tertiary alicyclic amines) is 1. The van der Waals surface area contributed by atoms with E-state index in [9.17, 15) is 4.79 Å². The Morgan fingerprint density at radius 3 is 2.84 bits per heavy atom. The molecule has 3 rings (SSSR count). The van der Waals surface area contributed by atoms with Gasteiger partial charge in [0.05, 0.1) is 11.2 Å². The molecule has 2 aliphatic heterocycles. The second kappa shape index (κ2) is 8.32. The van der Waals surface area contributed by atoms with Crippen LogP contribution in [0.3, 0.4) is 0 Å². The lowest BCUT2D eigenvalue weighted by Crippen LogP contribution is -2.46. The quantitative estimate of drug-likeness (QED) is 0.869. The first-order valence-electron chi connectivity index (χ1n) is 9.34. The van der Waals surface area contributed by atoms with Crippen LogP contribution in [-0.4, -0.2) is 59.5 Å². The molecule has 0 spiro atoms. The van der Waals surface area contributed by atoms with Crippen LogP contribution in [0.2, 0.25) is 5.02 Å². The van der Waals surface area contributed by atoms with E-state index in [1.807, 2.05) is 0 Å². The maximum Gasteiger partial charge on any atom is 0.271 e. The number of anilines is 1. The molecule has 2 atom stereocenters. The molecule has 1 aromatic rings. The minimum Gasteiger partial charge on any atom is -0.349 e. The summed E-state index contributed by atoms with van der Waals surface area (Å²) >= 11 is 6.17. The third kappa shape index (κ3) is 4.61. The summed E-state index contributed by atoms with van der Waals surface area (Å²) in [4.78, 5) is 25.8. The van der Waals surface area contributed by atoms with Crippen molar-refractivity contribution in [3.05, 3.63) is 16.9 Å². The van der Waals surface area contributed by atoms with Gasteiger partial charge in [-0.3, -0.25) is 9.69 Å². The highest BCUT2D eigenvalue weighted by Crippen LogP contribution is 2.20. The number of piperidine rings is 1. The molecule has 0 aromatic carbocycles. The van der Waals surface area contributed by atoms with E-state index in [2.05, 4.69) is 38.9 Å². The van der Waals surface area contributed by atoms with Crippen molar-refractivity contribution in [1.29, 1.82) is 0 Å². The molecule has 138 valence electrons. The van der Waals surface area contributed by atoms with Gasteiger partial charge in [0, 0.05) is 32.2 Å². The van der Waals surface area contributed by atoms with Crippen LogP contribution in [0.4, 0.5) is 5.95 Å². The normalized spacial score (nSPS) is 22.8. The average molecular weight is 366 g/mol. The topological polar surface area (TPSA) is 61.4 Å². The fraction of sp³-hybridized carbons (Fsp3) is 0.722. The van der Waals surface area contributed by atoms with Crippen LogP contribution in [0.1, 0.15) is 50.0 Å². The van der Waals surface area contributed by atoms with Gasteiger partial charge in [-0.15, -0.1) is 0 Å². The zero-order chi connectivity index (χ0) is 17.8. The van der Waals surface area contributed by atoms with Crippen molar-refractivity contribution in [1.82, 2.24) is 20.2 Å². The maximum atomic E-state index is 12.6. The molecular weight excluding hydrogens is 338 g/mol. The van der Waals surface area contributed by atoms with Crippen LogP contribution < -0.4 is 10.2 Å². The largest absolute Gasteiger partial charge is 0.349 e. The summed E-state index contributed by atoms with van der Waals surface area (Å²) in [5, 5.41) is 3.30. The fourth-order valence-corrected chi connectivity index (χ4v) is 3.84. The van der Waals surface area contributed by atoms with E-state index in [1.54, 1.807) is 0 Å². The van der Waals surface area contributed by atoms with Crippen molar-refractivity contribution < 1.29 is 4.79 Å². The maximum absolute atomic E-state index is 12.6. The molecule has 2 saturated heterocycles. The summed E-state index contributed by atoms with van der Waals surface area (Å²) in [5.41, 5.74) is 0.276. The number of carbonyl (C=O) groups is 1. The van der Waals surface area contributed by atoms with Gasteiger partial charge in [0.1, 0.15) is 0 Å². The van der Waals surface area contributed by atoms with Crippen LogP contribution in [-0.2, 0) is 0 Å². The molecule has 0 bridgehead atoms. The van der Waals surface area contributed by atoms with Gasteiger partial charge in [0.15, 0.2) is 5.69 Å². The Morgan fingerprint density at radius 2 is 2.12 bits per heavy atom. The van der Waals surface area contributed by atoms with Gasteiger partial charge in [-0.25, -0.2) is 9.97 Å². The average Bonchev–Trinajstić information content (AvgIpc) is 3.14. The molecule has 0 saturated carbocycles. The third-order valence-corrected chi connectivity index (χ3v) is 5.48. The van der Waals surface area contributed by atoms with Crippen LogP contribution in [0.5, 0.6) is 0 Å². The highest BCUT2D eigenvalue weighted by molar-refractivity contribution is 6.33. The standard InChI is InChI=1S/C18H28ClN5O/c1-13-6-5-9-24(12-13)14(2)10-20-17(25)16-15(19)11-21-18(22-16)23-7-3-4-8-23/h11,13-14H,3-10,12H2,1-2H3,(H,20,25)/t13-,14+/m1/s1. The molecule has 1 N–H and O–H groups in total. The number of nitrogens with one attached hydrogen (secondary N) is 1. The van der Waals surface area contributed by atoms with Crippen LogP contribution in [0, 0.1) is 5.92 Å². The lowest BCUT2D eigenvalue weighted by molar-refractivity contribution is 0.0913. The SMILES string of the molecule is C[C@@H]1CCCN([C@@H](C)CNC(=O)c2nc(N3CCCC3)ncc2Cl)C1. The van der Waals surface area contributed by atoms with Crippen molar-refractivity contribution in [2.45, 2.75) is 45.6 Å². The Bertz CT molecular complexity index is 605. The molecular formula is C18H28ClN5O. The number of rotatable bonds is 5. The first-order valence-corrected chi connectivity index (χ1v) is 9.72. The predicted octanol–water partition coefficient (Wildman–Crippen LogP) is 2.58.